The molecule has 0 aromatic heterocycles. The number of benzene rings is 2. The van der Waals surface area contributed by atoms with Crippen molar-refractivity contribution in [3.05, 3.63) is 54.1 Å². The van der Waals surface area contributed by atoms with E-state index in [0.29, 0.717) is 17.0 Å². The zero-order chi connectivity index (χ0) is 25.3. The van der Waals surface area contributed by atoms with E-state index in [1.54, 1.807) is 38.1 Å². The SMILES string of the molecule is COC(=O)CNC(=O)Cc1ccc(NC(=O)[C@@H](NS(=O)(=O)c2ccc(OC)cc2)C(C)C)cc1. The summed E-state index contributed by atoms with van der Waals surface area (Å²) >= 11 is 0. The standard InChI is InChI=1S/C23H29N3O7S/c1-15(2)22(26-34(30,31)19-11-9-18(32-3)10-12-19)23(29)25-17-7-5-16(6-8-17)13-20(27)24-14-21(28)33-4/h5-12,15,22,26H,13-14H2,1-4H3,(H,24,27)(H,25,29)/t22-/m0/s1. The summed E-state index contributed by atoms with van der Waals surface area (Å²) < 4.78 is 37.5. The largest absolute Gasteiger partial charge is 0.497 e. The third-order valence-electron chi connectivity index (χ3n) is 4.84. The number of hydrogen-bond acceptors (Lipinski definition) is 7. The minimum atomic E-state index is -3.94. The van der Waals surface area contributed by atoms with Crippen molar-refractivity contribution in [1.82, 2.24) is 10.0 Å². The highest BCUT2D eigenvalue weighted by atomic mass is 32.2. The van der Waals surface area contributed by atoms with Gasteiger partial charge in [-0.3, -0.25) is 14.4 Å². The van der Waals surface area contributed by atoms with Gasteiger partial charge in [0.05, 0.1) is 25.5 Å². The number of anilines is 1. The van der Waals surface area contributed by atoms with E-state index in [4.69, 9.17) is 4.74 Å². The summed E-state index contributed by atoms with van der Waals surface area (Å²) in [6, 6.07) is 11.3. The predicted octanol–water partition coefficient (Wildman–Crippen LogP) is 1.47. The Morgan fingerprint density at radius 1 is 0.941 bits per heavy atom. The van der Waals surface area contributed by atoms with Crippen LogP contribution in [0.5, 0.6) is 5.75 Å². The number of esters is 1. The summed E-state index contributed by atoms with van der Waals surface area (Å²) in [5.74, 6) is -1.23. The monoisotopic (exact) mass is 491 g/mol. The summed E-state index contributed by atoms with van der Waals surface area (Å²) in [7, 11) is -1.23. The Kier molecular flexibility index (Phi) is 9.58. The average Bonchev–Trinajstić information content (AvgIpc) is 2.82. The molecular formula is C23H29N3O7S. The Bertz CT molecular complexity index is 1100. The van der Waals surface area contributed by atoms with Gasteiger partial charge in [0.25, 0.3) is 0 Å². The Labute approximate surface area is 199 Å². The van der Waals surface area contributed by atoms with Gasteiger partial charge in [-0.05, 0) is 47.9 Å². The zero-order valence-electron chi connectivity index (χ0n) is 19.5. The highest BCUT2D eigenvalue weighted by Crippen LogP contribution is 2.18. The summed E-state index contributed by atoms with van der Waals surface area (Å²) in [6.07, 6.45) is 0.0432. The van der Waals surface area contributed by atoms with Gasteiger partial charge in [0.1, 0.15) is 18.3 Å². The van der Waals surface area contributed by atoms with Crippen LogP contribution in [0.1, 0.15) is 19.4 Å². The second kappa shape index (κ2) is 12.1. The fourth-order valence-corrected chi connectivity index (χ4v) is 4.24. The fourth-order valence-electron chi connectivity index (χ4n) is 2.90. The quantitative estimate of drug-likeness (QED) is 0.404. The molecule has 0 fully saturated rings. The number of carbonyl (C=O) groups is 3. The number of rotatable bonds is 11. The van der Waals surface area contributed by atoms with Crippen molar-refractivity contribution in [2.24, 2.45) is 5.92 Å². The maximum atomic E-state index is 12.8. The van der Waals surface area contributed by atoms with E-state index in [2.05, 4.69) is 20.1 Å². The Balaban J connectivity index is 2.02. The molecule has 0 aliphatic rings. The first-order valence-electron chi connectivity index (χ1n) is 10.5. The van der Waals surface area contributed by atoms with Crippen molar-refractivity contribution in [3.63, 3.8) is 0 Å². The molecule has 2 rings (SSSR count). The highest BCUT2D eigenvalue weighted by Gasteiger charge is 2.28. The molecule has 10 nitrogen and oxygen atoms in total. The molecule has 184 valence electrons. The molecule has 0 aliphatic heterocycles. The summed E-state index contributed by atoms with van der Waals surface area (Å²) in [6.45, 7) is 3.25. The number of hydrogen-bond donors (Lipinski definition) is 3. The average molecular weight is 492 g/mol. The van der Waals surface area contributed by atoms with Crippen molar-refractivity contribution in [3.8, 4) is 5.75 Å². The van der Waals surface area contributed by atoms with Crippen LogP contribution < -0.4 is 20.1 Å². The van der Waals surface area contributed by atoms with Gasteiger partial charge in [0.2, 0.25) is 21.8 Å². The van der Waals surface area contributed by atoms with E-state index in [0.717, 1.165) is 0 Å². The lowest BCUT2D eigenvalue weighted by atomic mass is 10.0. The molecule has 0 radical (unpaired) electrons. The number of carbonyl (C=O) groups excluding carboxylic acids is 3. The van der Waals surface area contributed by atoms with Crippen LogP contribution in [0.25, 0.3) is 0 Å². The molecule has 2 aromatic carbocycles. The number of sulfonamides is 1. The van der Waals surface area contributed by atoms with Crippen molar-refractivity contribution in [1.29, 1.82) is 0 Å². The predicted molar refractivity (Wildman–Crippen MR) is 126 cm³/mol. The van der Waals surface area contributed by atoms with E-state index < -0.39 is 27.9 Å². The Hall–Kier alpha value is -3.44. The van der Waals surface area contributed by atoms with E-state index in [1.807, 2.05) is 0 Å². The molecule has 2 amide bonds. The second-order valence-electron chi connectivity index (χ2n) is 7.73. The van der Waals surface area contributed by atoms with Crippen molar-refractivity contribution in [2.45, 2.75) is 31.2 Å². The number of nitrogens with one attached hydrogen (secondary N) is 3. The molecule has 3 N–H and O–H groups in total. The van der Waals surface area contributed by atoms with Crippen LogP contribution in [0.15, 0.2) is 53.4 Å². The Morgan fingerprint density at radius 3 is 2.09 bits per heavy atom. The molecule has 34 heavy (non-hydrogen) atoms. The molecule has 0 saturated carbocycles. The first-order chi connectivity index (χ1) is 16.1. The fraction of sp³-hybridized carbons (Fsp3) is 0.348. The first kappa shape index (κ1) is 26.8. The smallest absolute Gasteiger partial charge is 0.325 e. The summed E-state index contributed by atoms with van der Waals surface area (Å²) in [5, 5.41) is 5.14. The van der Waals surface area contributed by atoms with Gasteiger partial charge in [-0.1, -0.05) is 26.0 Å². The van der Waals surface area contributed by atoms with Gasteiger partial charge in [-0.2, -0.15) is 4.72 Å². The maximum Gasteiger partial charge on any atom is 0.325 e. The van der Waals surface area contributed by atoms with E-state index >= 15 is 0 Å². The minimum absolute atomic E-state index is 0.0154. The molecule has 0 spiro atoms. The molecular weight excluding hydrogens is 462 g/mol. The minimum Gasteiger partial charge on any atom is -0.497 e. The van der Waals surface area contributed by atoms with Crippen LogP contribution in [-0.2, 0) is 35.6 Å². The van der Waals surface area contributed by atoms with Crippen molar-refractivity contribution >= 4 is 33.5 Å². The zero-order valence-corrected chi connectivity index (χ0v) is 20.3. The van der Waals surface area contributed by atoms with Crippen molar-refractivity contribution < 1.29 is 32.3 Å². The van der Waals surface area contributed by atoms with Gasteiger partial charge in [0.15, 0.2) is 0 Å². The van der Waals surface area contributed by atoms with Crippen LogP contribution in [0.2, 0.25) is 0 Å². The topological polar surface area (TPSA) is 140 Å². The third kappa shape index (κ3) is 7.85. The van der Waals surface area contributed by atoms with Gasteiger partial charge in [-0.15, -0.1) is 0 Å². The molecule has 0 saturated heterocycles. The van der Waals surface area contributed by atoms with Crippen LogP contribution in [-0.4, -0.2) is 53.0 Å². The highest BCUT2D eigenvalue weighted by molar-refractivity contribution is 7.89. The third-order valence-corrected chi connectivity index (χ3v) is 6.30. The lowest BCUT2D eigenvalue weighted by Gasteiger charge is -2.22. The van der Waals surface area contributed by atoms with Gasteiger partial charge in [-0.25, -0.2) is 8.42 Å². The van der Waals surface area contributed by atoms with Crippen LogP contribution >= 0.6 is 0 Å². The molecule has 0 bridgehead atoms. The second-order valence-corrected chi connectivity index (χ2v) is 9.45. The van der Waals surface area contributed by atoms with E-state index in [9.17, 15) is 22.8 Å². The number of methoxy groups -OCH3 is 2. The normalized spacial score (nSPS) is 12.0. The van der Waals surface area contributed by atoms with E-state index in [-0.39, 0.29) is 29.7 Å². The molecule has 1 atom stereocenters. The van der Waals surface area contributed by atoms with Crippen LogP contribution in [0.4, 0.5) is 5.69 Å². The molecule has 0 heterocycles. The van der Waals surface area contributed by atoms with E-state index in [1.165, 1.54) is 38.5 Å². The van der Waals surface area contributed by atoms with Gasteiger partial charge in [0, 0.05) is 5.69 Å². The molecule has 11 heteroatoms. The summed E-state index contributed by atoms with van der Waals surface area (Å²) in [5.41, 5.74) is 1.11. The first-order valence-corrected chi connectivity index (χ1v) is 11.9. The molecule has 0 aliphatic carbocycles. The van der Waals surface area contributed by atoms with Gasteiger partial charge < -0.3 is 20.1 Å². The molecule has 0 unspecified atom stereocenters. The van der Waals surface area contributed by atoms with Crippen LogP contribution in [0.3, 0.4) is 0 Å². The van der Waals surface area contributed by atoms with Crippen LogP contribution in [0, 0.1) is 5.92 Å². The number of amides is 2. The molecule has 2 aromatic rings. The Morgan fingerprint density at radius 2 is 1.56 bits per heavy atom. The lowest BCUT2D eigenvalue weighted by Crippen LogP contribution is -2.47. The number of ether oxygens (including phenoxy) is 2. The van der Waals surface area contributed by atoms with Crippen molar-refractivity contribution in [2.75, 3.05) is 26.1 Å². The lowest BCUT2D eigenvalue weighted by molar-refractivity contribution is -0.141. The van der Waals surface area contributed by atoms with Gasteiger partial charge >= 0.3 is 5.97 Å². The summed E-state index contributed by atoms with van der Waals surface area (Å²) in [4.78, 5) is 35.8. The maximum absolute atomic E-state index is 12.8.